The minimum absolute atomic E-state index is 0.0902. The van der Waals surface area contributed by atoms with E-state index in [1.807, 2.05) is 97.1 Å². The van der Waals surface area contributed by atoms with Crippen LogP contribution in [0.25, 0.3) is 0 Å². The van der Waals surface area contributed by atoms with Crippen molar-refractivity contribution < 1.29 is 14.6 Å². The summed E-state index contributed by atoms with van der Waals surface area (Å²) in [6, 6.07) is 38.1. The fraction of sp³-hybridized carbons (Fsp3) is 0.129. The summed E-state index contributed by atoms with van der Waals surface area (Å²) in [5.41, 5.74) is 1.65. The quantitative estimate of drug-likeness (QED) is 0.273. The van der Waals surface area contributed by atoms with Gasteiger partial charge in [-0.25, -0.2) is 4.79 Å². The summed E-state index contributed by atoms with van der Waals surface area (Å²) in [5, 5.41) is 11.1. The molecule has 8 heteroatoms. The van der Waals surface area contributed by atoms with E-state index < -0.39 is 23.3 Å². The van der Waals surface area contributed by atoms with Crippen molar-refractivity contribution in [3.8, 4) is 0 Å². The highest BCUT2D eigenvalue weighted by molar-refractivity contribution is 7.02. The molecule has 4 aromatic carbocycles. The average molecular weight is 538 g/mol. The number of ether oxygens (including phenoxy) is 1. The number of nitrogens with one attached hydrogen (secondary N) is 1. The van der Waals surface area contributed by atoms with Crippen molar-refractivity contribution in [3.05, 3.63) is 159 Å². The first-order valence-corrected chi connectivity index (χ1v) is 13.3. The Morgan fingerprint density at radius 1 is 0.821 bits per heavy atom. The zero-order valence-electron chi connectivity index (χ0n) is 21.0. The number of H-pyrrole nitrogens is 1. The standard InChI is InChI=1S/C31H27N3O4S/c35-27(21-34-29(37)33-39-30(34)32-28(36)23-13-5-1-6-14-23)22-38-31(24-15-7-2-8-16-24,25-17-9-3-10-18-25)26-19-11-4-12-20-26/h1-20,27,35H,21-22H2,(H,33,37)/t27-/m0/s1. The van der Waals surface area contributed by atoms with Crippen LogP contribution in [0.4, 0.5) is 0 Å². The number of carbonyl (C=O) groups excluding carboxylic acids is 1. The molecule has 0 aliphatic carbocycles. The van der Waals surface area contributed by atoms with Crippen LogP contribution in [0.2, 0.25) is 0 Å². The van der Waals surface area contributed by atoms with E-state index in [4.69, 9.17) is 4.74 Å². The van der Waals surface area contributed by atoms with Gasteiger partial charge in [-0.2, -0.15) is 4.99 Å². The number of carbonyl (C=O) groups is 1. The van der Waals surface area contributed by atoms with Gasteiger partial charge in [0.05, 0.1) is 19.3 Å². The van der Waals surface area contributed by atoms with Crippen molar-refractivity contribution >= 4 is 17.4 Å². The van der Waals surface area contributed by atoms with Crippen molar-refractivity contribution in [1.82, 2.24) is 8.94 Å². The highest BCUT2D eigenvalue weighted by atomic mass is 32.1. The van der Waals surface area contributed by atoms with E-state index in [9.17, 15) is 14.7 Å². The largest absolute Gasteiger partial charge is 0.389 e. The van der Waals surface area contributed by atoms with Crippen LogP contribution in [-0.4, -0.2) is 32.7 Å². The van der Waals surface area contributed by atoms with Crippen LogP contribution in [-0.2, 0) is 16.9 Å². The maximum absolute atomic E-state index is 12.6. The molecule has 0 spiro atoms. The molecule has 1 aromatic heterocycles. The van der Waals surface area contributed by atoms with E-state index >= 15 is 0 Å². The lowest BCUT2D eigenvalue weighted by atomic mass is 9.80. The Hall–Kier alpha value is -4.37. The number of aliphatic hydroxyl groups is 1. The Bertz CT molecular complexity index is 1530. The molecule has 0 radical (unpaired) electrons. The summed E-state index contributed by atoms with van der Waals surface area (Å²) in [4.78, 5) is 29.5. The van der Waals surface area contributed by atoms with Gasteiger partial charge in [-0.3, -0.25) is 13.7 Å². The summed E-state index contributed by atoms with van der Waals surface area (Å²) in [5.74, 6) is -0.471. The number of nitrogens with zero attached hydrogens (tertiary/aromatic N) is 2. The van der Waals surface area contributed by atoms with Gasteiger partial charge in [0.2, 0.25) is 4.80 Å². The number of aromatic amines is 1. The van der Waals surface area contributed by atoms with Crippen LogP contribution in [0.15, 0.2) is 131 Å². The fourth-order valence-electron chi connectivity index (χ4n) is 4.52. The van der Waals surface area contributed by atoms with Crippen LogP contribution in [0.1, 0.15) is 27.0 Å². The van der Waals surface area contributed by atoms with Crippen molar-refractivity contribution in [3.63, 3.8) is 0 Å². The molecular formula is C31H27N3O4S. The van der Waals surface area contributed by atoms with Gasteiger partial charge in [0.1, 0.15) is 5.60 Å². The van der Waals surface area contributed by atoms with Gasteiger partial charge < -0.3 is 9.84 Å². The van der Waals surface area contributed by atoms with E-state index in [1.54, 1.807) is 24.3 Å². The van der Waals surface area contributed by atoms with Crippen molar-refractivity contribution in [1.29, 1.82) is 0 Å². The maximum Gasteiger partial charge on any atom is 0.337 e. The molecule has 0 bridgehead atoms. The summed E-state index contributed by atoms with van der Waals surface area (Å²) in [6.45, 7) is -0.193. The van der Waals surface area contributed by atoms with Crippen LogP contribution >= 0.6 is 11.5 Å². The Morgan fingerprint density at radius 2 is 1.28 bits per heavy atom. The lowest BCUT2D eigenvalue weighted by Gasteiger charge is -2.36. The second kappa shape index (κ2) is 12.0. The lowest BCUT2D eigenvalue weighted by Crippen LogP contribution is -2.39. The predicted octanol–water partition coefficient (Wildman–Crippen LogP) is 4.35. The van der Waals surface area contributed by atoms with Gasteiger partial charge in [0.25, 0.3) is 5.91 Å². The first kappa shape index (κ1) is 26.2. The Balaban J connectivity index is 1.46. The summed E-state index contributed by atoms with van der Waals surface area (Å²) >= 11 is 0.941. The minimum atomic E-state index is -1.07. The number of aliphatic hydroxyl groups excluding tert-OH is 1. The Kier molecular flexibility index (Phi) is 8.07. The minimum Gasteiger partial charge on any atom is -0.389 e. The van der Waals surface area contributed by atoms with Gasteiger partial charge in [-0.15, -0.1) is 0 Å². The summed E-state index contributed by atoms with van der Waals surface area (Å²) in [7, 11) is 0. The Labute approximate surface area is 229 Å². The van der Waals surface area contributed by atoms with E-state index in [0.29, 0.717) is 5.56 Å². The molecule has 196 valence electrons. The molecule has 0 aliphatic rings. The van der Waals surface area contributed by atoms with Gasteiger partial charge in [0, 0.05) is 5.56 Å². The van der Waals surface area contributed by atoms with Crippen LogP contribution in [0.5, 0.6) is 0 Å². The summed E-state index contributed by atoms with van der Waals surface area (Å²) in [6.07, 6.45) is -1.07. The number of hydrogen-bond donors (Lipinski definition) is 2. The Morgan fingerprint density at radius 3 is 1.77 bits per heavy atom. The van der Waals surface area contributed by atoms with E-state index in [1.165, 1.54) is 4.57 Å². The molecule has 5 aromatic rings. The van der Waals surface area contributed by atoms with Gasteiger partial charge in [0.15, 0.2) is 0 Å². The van der Waals surface area contributed by atoms with Gasteiger partial charge in [-0.1, -0.05) is 109 Å². The molecule has 0 saturated carbocycles. The number of rotatable bonds is 9. The normalized spacial score (nSPS) is 12.8. The third-order valence-electron chi connectivity index (χ3n) is 6.35. The van der Waals surface area contributed by atoms with Gasteiger partial charge in [-0.05, 0) is 40.4 Å². The fourth-order valence-corrected chi connectivity index (χ4v) is 5.20. The average Bonchev–Trinajstić information content (AvgIpc) is 3.33. The molecule has 0 aliphatic heterocycles. The maximum atomic E-state index is 12.6. The predicted molar refractivity (Wildman–Crippen MR) is 150 cm³/mol. The zero-order chi connectivity index (χ0) is 27.1. The molecular weight excluding hydrogens is 510 g/mol. The molecule has 7 nitrogen and oxygen atoms in total. The third kappa shape index (κ3) is 5.73. The molecule has 1 heterocycles. The molecule has 0 fully saturated rings. The first-order chi connectivity index (χ1) is 19.1. The second-order valence-electron chi connectivity index (χ2n) is 8.93. The molecule has 0 unspecified atom stereocenters. The van der Waals surface area contributed by atoms with E-state index in [0.717, 1.165) is 28.2 Å². The highest BCUT2D eigenvalue weighted by Crippen LogP contribution is 2.40. The van der Waals surface area contributed by atoms with Gasteiger partial charge >= 0.3 is 5.69 Å². The number of hydrogen-bond acceptors (Lipinski definition) is 5. The highest BCUT2D eigenvalue weighted by Gasteiger charge is 2.38. The molecule has 2 N–H and O–H groups in total. The lowest BCUT2D eigenvalue weighted by molar-refractivity contribution is -0.0427. The topological polar surface area (TPSA) is 96.7 Å². The molecule has 39 heavy (non-hydrogen) atoms. The third-order valence-corrected chi connectivity index (χ3v) is 7.12. The first-order valence-electron chi connectivity index (χ1n) is 12.5. The van der Waals surface area contributed by atoms with Crippen molar-refractivity contribution in [2.45, 2.75) is 18.2 Å². The summed E-state index contributed by atoms with van der Waals surface area (Å²) < 4.78 is 10.5. The van der Waals surface area contributed by atoms with E-state index in [-0.39, 0.29) is 18.0 Å². The number of aromatic nitrogens is 2. The molecule has 1 atom stereocenters. The number of amides is 1. The monoisotopic (exact) mass is 537 g/mol. The number of benzene rings is 4. The van der Waals surface area contributed by atoms with E-state index in [2.05, 4.69) is 9.37 Å². The van der Waals surface area contributed by atoms with Crippen molar-refractivity contribution in [2.24, 2.45) is 4.99 Å². The van der Waals surface area contributed by atoms with Crippen LogP contribution in [0, 0.1) is 0 Å². The second-order valence-corrected chi connectivity index (χ2v) is 9.70. The molecule has 0 saturated heterocycles. The smallest absolute Gasteiger partial charge is 0.337 e. The zero-order valence-corrected chi connectivity index (χ0v) is 21.8. The van der Waals surface area contributed by atoms with Crippen molar-refractivity contribution in [2.75, 3.05) is 6.61 Å². The SMILES string of the molecule is O=C(N=c1s[nH]c(=O)n1C[C@H](O)COC(c1ccccc1)(c1ccccc1)c1ccccc1)c1ccccc1. The van der Waals surface area contributed by atoms with Crippen LogP contribution in [0.3, 0.4) is 0 Å². The molecule has 1 amide bonds. The molecule has 5 rings (SSSR count). The van der Waals surface area contributed by atoms with Crippen LogP contribution < -0.4 is 10.5 Å².